The van der Waals surface area contributed by atoms with Crippen molar-refractivity contribution in [3.63, 3.8) is 0 Å². The second-order valence-electron chi connectivity index (χ2n) is 5.82. The van der Waals surface area contributed by atoms with Crippen LogP contribution >= 0.6 is 16.4 Å². The van der Waals surface area contributed by atoms with Crippen LogP contribution in [-0.2, 0) is 5.41 Å². The second kappa shape index (κ2) is 6.84. The molecule has 0 radical (unpaired) electrons. The highest BCUT2D eigenvalue weighted by molar-refractivity contribution is 7.28. The Morgan fingerprint density at radius 3 is 1.45 bits per heavy atom. The van der Waals surface area contributed by atoms with Gasteiger partial charge in [0.2, 0.25) is 0 Å². The standard InChI is InChI=1S/C18H22P2/c1-2-4-10-18(11-5-3-1,16-6-12-19-13-7-16)17-8-14-20-15-9-17/h6-9,12-15H,1-5,10-11H2. The maximum Gasteiger partial charge on any atom is 0.0203 e. The zero-order valence-electron chi connectivity index (χ0n) is 12.0. The molecule has 0 spiro atoms. The van der Waals surface area contributed by atoms with Crippen molar-refractivity contribution in [3.8, 4) is 0 Å². The van der Waals surface area contributed by atoms with Crippen LogP contribution in [0.1, 0.15) is 56.1 Å². The highest BCUT2D eigenvalue weighted by atomic mass is 31.0. The fourth-order valence-corrected chi connectivity index (χ4v) is 4.78. The molecule has 20 heavy (non-hydrogen) atoms. The third kappa shape index (κ3) is 2.98. The smallest absolute Gasteiger partial charge is 0.0203 e. The Hall–Kier alpha value is -0.700. The SMILES string of the molecule is c1cc(C2(c3ccpcc3)CCCCCCC2)ccp1. The number of hydrogen-bond donors (Lipinski definition) is 0. The summed E-state index contributed by atoms with van der Waals surface area (Å²) in [7, 11) is 2.65. The van der Waals surface area contributed by atoms with Gasteiger partial charge in [0.25, 0.3) is 0 Å². The van der Waals surface area contributed by atoms with Crippen molar-refractivity contribution in [1.29, 1.82) is 0 Å². The van der Waals surface area contributed by atoms with Gasteiger partial charge in [-0.2, -0.15) is 0 Å². The molecule has 3 rings (SSSR count). The third-order valence-corrected chi connectivity index (χ3v) is 5.96. The van der Waals surface area contributed by atoms with E-state index in [4.69, 9.17) is 0 Å². The van der Waals surface area contributed by atoms with Crippen LogP contribution in [0, 0.1) is 0 Å². The maximum absolute atomic E-state index is 2.38. The van der Waals surface area contributed by atoms with Gasteiger partial charge in [-0.25, -0.2) is 0 Å². The summed E-state index contributed by atoms with van der Waals surface area (Å²) in [6, 6.07) is 9.52. The molecule has 1 saturated carbocycles. The summed E-state index contributed by atoms with van der Waals surface area (Å²) in [6.45, 7) is 0. The van der Waals surface area contributed by atoms with Crippen LogP contribution in [0.2, 0.25) is 0 Å². The zero-order valence-corrected chi connectivity index (χ0v) is 13.8. The Bertz CT molecular complexity index is 472. The van der Waals surface area contributed by atoms with Gasteiger partial charge < -0.3 is 0 Å². The molecule has 0 aromatic carbocycles. The Morgan fingerprint density at radius 2 is 1.00 bits per heavy atom. The predicted molar refractivity (Wildman–Crippen MR) is 91.0 cm³/mol. The van der Waals surface area contributed by atoms with Crippen LogP contribution in [0.25, 0.3) is 0 Å². The molecule has 2 heteroatoms. The lowest BCUT2D eigenvalue weighted by Gasteiger charge is -2.37. The van der Waals surface area contributed by atoms with E-state index in [0.29, 0.717) is 0 Å². The summed E-state index contributed by atoms with van der Waals surface area (Å²) in [5.74, 6) is 9.19. The molecular formula is C18H22P2. The molecule has 0 nitrogen and oxygen atoms in total. The largest absolute Gasteiger partial charge is 0.0765 e. The first kappa shape index (κ1) is 14.2. The summed E-state index contributed by atoms with van der Waals surface area (Å²) in [4.78, 5) is 0. The van der Waals surface area contributed by atoms with Crippen LogP contribution in [0.4, 0.5) is 0 Å². The van der Waals surface area contributed by atoms with Crippen LogP contribution in [0.15, 0.2) is 47.5 Å². The lowest BCUT2D eigenvalue weighted by molar-refractivity contribution is 0.367. The second-order valence-corrected chi connectivity index (χ2v) is 7.61. The molecular weight excluding hydrogens is 278 g/mol. The van der Waals surface area contributed by atoms with Crippen LogP contribution in [-0.4, -0.2) is 0 Å². The van der Waals surface area contributed by atoms with Gasteiger partial charge in [0, 0.05) is 5.41 Å². The maximum atomic E-state index is 2.38. The Balaban J connectivity index is 2.06. The molecule has 2 aromatic heterocycles. The van der Waals surface area contributed by atoms with Crippen molar-refractivity contribution >= 4 is 16.4 Å². The minimum Gasteiger partial charge on any atom is -0.0765 e. The van der Waals surface area contributed by atoms with Gasteiger partial charge in [0.15, 0.2) is 0 Å². The van der Waals surface area contributed by atoms with Gasteiger partial charge in [-0.05, 0) is 47.2 Å². The molecule has 2 heterocycles. The molecule has 2 aromatic rings. The van der Waals surface area contributed by atoms with E-state index in [0.717, 1.165) is 0 Å². The van der Waals surface area contributed by atoms with Crippen molar-refractivity contribution < 1.29 is 0 Å². The highest BCUT2D eigenvalue weighted by Crippen LogP contribution is 2.43. The van der Waals surface area contributed by atoms with E-state index in [1.807, 2.05) is 0 Å². The minimum absolute atomic E-state index is 0.270. The number of hydrogen-bond acceptors (Lipinski definition) is 0. The zero-order chi connectivity index (χ0) is 13.7. The Kier molecular flexibility index (Phi) is 4.87. The van der Waals surface area contributed by atoms with Gasteiger partial charge in [0.05, 0.1) is 0 Å². The summed E-state index contributed by atoms with van der Waals surface area (Å²) < 4.78 is 0. The van der Waals surface area contributed by atoms with Crippen molar-refractivity contribution in [3.05, 3.63) is 58.6 Å². The van der Waals surface area contributed by atoms with E-state index in [-0.39, 0.29) is 5.41 Å². The molecule has 104 valence electrons. The molecule has 0 atom stereocenters. The number of rotatable bonds is 2. The molecule has 1 aliphatic carbocycles. The van der Waals surface area contributed by atoms with E-state index in [9.17, 15) is 0 Å². The Labute approximate surface area is 125 Å². The first-order chi connectivity index (χ1) is 9.92. The topological polar surface area (TPSA) is 0 Å². The highest BCUT2D eigenvalue weighted by Gasteiger charge is 2.33. The molecule has 0 N–H and O–H groups in total. The summed E-state index contributed by atoms with van der Waals surface area (Å²) in [5.41, 5.74) is 3.36. The predicted octanol–water partition coefficient (Wildman–Crippen LogP) is 6.88. The van der Waals surface area contributed by atoms with Gasteiger partial charge >= 0.3 is 0 Å². The summed E-state index contributed by atoms with van der Waals surface area (Å²) >= 11 is 0. The Morgan fingerprint density at radius 1 is 0.600 bits per heavy atom. The van der Waals surface area contributed by atoms with Crippen LogP contribution in [0.5, 0.6) is 0 Å². The average Bonchev–Trinajstić information content (AvgIpc) is 2.49. The average molecular weight is 300 g/mol. The first-order valence-corrected chi connectivity index (χ1v) is 9.79. The van der Waals surface area contributed by atoms with Gasteiger partial charge in [-0.3, -0.25) is 0 Å². The van der Waals surface area contributed by atoms with Gasteiger partial charge in [-0.15, -0.1) is 0 Å². The molecule has 0 bridgehead atoms. The fourth-order valence-electron chi connectivity index (χ4n) is 3.59. The lowest BCUT2D eigenvalue weighted by Crippen LogP contribution is -2.28. The van der Waals surface area contributed by atoms with Gasteiger partial charge in [-0.1, -0.05) is 72.8 Å². The quantitative estimate of drug-likeness (QED) is 0.567. The minimum atomic E-state index is 0.270. The molecule has 0 unspecified atom stereocenters. The molecule has 0 saturated heterocycles. The van der Waals surface area contributed by atoms with Crippen LogP contribution < -0.4 is 0 Å². The molecule has 0 aliphatic heterocycles. The molecule has 1 aliphatic rings. The van der Waals surface area contributed by atoms with E-state index in [1.54, 1.807) is 11.1 Å². The molecule has 1 fully saturated rings. The van der Waals surface area contributed by atoms with Crippen molar-refractivity contribution in [2.75, 3.05) is 0 Å². The summed E-state index contributed by atoms with van der Waals surface area (Å²) in [5, 5.41) is 0. The third-order valence-electron chi connectivity index (χ3n) is 4.67. The van der Waals surface area contributed by atoms with E-state index < -0.39 is 0 Å². The monoisotopic (exact) mass is 300 g/mol. The fraction of sp³-hybridized carbons (Fsp3) is 0.444. The summed E-state index contributed by atoms with van der Waals surface area (Å²) in [6.07, 6.45) is 9.59. The van der Waals surface area contributed by atoms with E-state index in [1.165, 1.54) is 61.3 Å². The van der Waals surface area contributed by atoms with Crippen molar-refractivity contribution in [2.24, 2.45) is 0 Å². The van der Waals surface area contributed by atoms with Gasteiger partial charge in [0.1, 0.15) is 0 Å². The molecule has 0 amide bonds. The van der Waals surface area contributed by atoms with E-state index >= 15 is 0 Å². The normalized spacial score (nSPS) is 19.0. The van der Waals surface area contributed by atoms with Crippen molar-refractivity contribution in [1.82, 2.24) is 0 Å². The van der Waals surface area contributed by atoms with Crippen LogP contribution in [0.3, 0.4) is 0 Å². The van der Waals surface area contributed by atoms with Crippen molar-refractivity contribution in [2.45, 2.75) is 50.4 Å². The lowest BCUT2D eigenvalue weighted by atomic mass is 9.67. The first-order valence-electron chi connectivity index (χ1n) is 7.73. The van der Waals surface area contributed by atoms with E-state index in [2.05, 4.69) is 47.5 Å².